The quantitative estimate of drug-likeness (QED) is 0.601. The average Bonchev–Trinajstić information content (AvgIpc) is 2.42. The molecule has 2 nitrogen and oxygen atoms in total. The zero-order valence-corrected chi connectivity index (χ0v) is 15.8. The summed E-state index contributed by atoms with van der Waals surface area (Å²) in [7, 11) is 0. The van der Waals surface area contributed by atoms with Gasteiger partial charge in [0.2, 0.25) is 0 Å². The van der Waals surface area contributed by atoms with Gasteiger partial charge in [-0.1, -0.05) is 39.7 Å². The molecule has 0 fully saturated rings. The summed E-state index contributed by atoms with van der Waals surface area (Å²) < 4.78 is 1.20. The minimum absolute atomic E-state index is 0.518. The van der Waals surface area contributed by atoms with Crippen molar-refractivity contribution in [1.29, 1.82) is 0 Å². The van der Waals surface area contributed by atoms with E-state index in [1.165, 1.54) is 35.0 Å². The molecule has 0 aromatic heterocycles. The Balaban J connectivity index is 2.79. The molecule has 0 amide bonds. The van der Waals surface area contributed by atoms with Crippen LogP contribution in [0.2, 0.25) is 0 Å². The molecular formula is C18H31BrN2. The molecule has 0 aliphatic heterocycles. The standard InChI is InChI=1S/C18H31BrN2/c1-6-7-8-11-21(15(4)5)18-10-9-16(12-17(18)19)13-20-14(2)3/h9-10,12,14-15,20H,6-8,11,13H2,1-5H3. The summed E-state index contributed by atoms with van der Waals surface area (Å²) in [6.07, 6.45) is 3.84. The Hall–Kier alpha value is -0.540. The van der Waals surface area contributed by atoms with Crippen molar-refractivity contribution in [3.05, 3.63) is 28.2 Å². The van der Waals surface area contributed by atoms with Crippen LogP contribution in [-0.4, -0.2) is 18.6 Å². The van der Waals surface area contributed by atoms with E-state index in [1.807, 2.05) is 0 Å². The lowest BCUT2D eigenvalue weighted by atomic mass is 10.1. The maximum atomic E-state index is 3.76. The molecule has 1 N–H and O–H groups in total. The van der Waals surface area contributed by atoms with Crippen molar-refractivity contribution >= 4 is 21.6 Å². The van der Waals surface area contributed by atoms with Gasteiger partial charge in [0, 0.05) is 29.6 Å². The molecule has 0 aliphatic rings. The molecule has 0 unspecified atom stereocenters. The van der Waals surface area contributed by atoms with E-state index in [-0.39, 0.29) is 0 Å². The number of rotatable bonds is 9. The molecule has 0 radical (unpaired) electrons. The first-order valence-electron chi connectivity index (χ1n) is 8.24. The molecule has 21 heavy (non-hydrogen) atoms. The maximum absolute atomic E-state index is 3.76. The molecule has 120 valence electrons. The first-order valence-corrected chi connectivity index (χ1v) is 9.03. The summed E-state index contributed by atoms with van der Waals surface area (Å²) in [6, 6.07) is 7.79. The van der Waals surface area contributed by atoms with Crippen LogP contribution in [0, 0.1) is 0 Å². The number of unbranched alkanes of at least 4 members (excludes halogenated alkanes) is 2. The fourth-order valence-corrected chi connectivity index (χ4v) is 3.06. The van der Waals surface area contributed by atoms with Gasteiger partial charge in [0.1, 0.15) is 0 Å². The van der Waals surface area contributed by atoms with Gasteiger partial charge in [-0.25, -0.2) is 0 Å². The topological polar surface area (TPSA) is 15.3 Å². The highest BCUT2D eigenvalue weighted by Crippen LogP contribution is 2.29. The van der Waals surface area contributed by atoms with E-state index < -0.39 is 0 Å². The Morgan fingerprint density at radius 1 is 1.14 bits per heavy atom. The molecule has 0 saturated heterocycles. The van der Waals surface area contributed by atoms with Crippen molar-refractivity contribution in [3.8, 4) is 0 Å². The average molecular weight is 355 g/mol. The van der Waals surface area contributed by atoms with Gasteiger partial charge in [-0.2, -0.15) is 0 Å². The summed E-state index contributed by atoms with van der Waals surface area (Å²) in [5, 5.41) is 3.47. The maximum Gasteiger partial charge on any atom is 0.0513 e. The first kappa shape index (κ1) is 18.5. The second kappa shape index (κ2) is 9.47. The number of hydrogen-bond donors (Lipinski definition) is 1. The van der Waals surface area contributed by atoms with E-state index in [0.717, 1.165) is 13.1 Å². The van der Waals surface area contributed by atoms with E-state index in [2.05, 4.69) is 79.0 Å². The Kier molecular flexibility index (Phi) is 8.35. The Morgan fingerprint density at radius 3 is 2.38 bits per heavy atom. The predicted molar refractivity (Wildman–Crippen MR) is 98.1 cm³/mol. The molecule has 0 saturated carbocycles. The zero-order chi connectivity index (χ0) is 15.8. The summed E-state index contributed by atoms with van der Waals surface area (Å²) in [5.41, 5.74) is 2.64. The number of anilines is 1. The first-order chi connectivity index (χ1) is 9.95. The molecular weight excluding hydrogens is 324 g/mol. The number of hydrogen-bond acceptors (Lipinski definition) is 2. The van der Waals surface area contributed by atoms with Crippen LogP contribution < -0.4 is 10.2 Å². The molecule has 1 aromatic rings. The minimum atomic E-state index is 0.518. The summed E-state index contributed by atoms with van der Waals surface area (Å²) in [4.78, 5) is 2.50. The van der Waals surface area contributed by atoms with E-state index in [9.17, 15) is 0 Å². The third-order valence-electron chi connectivity index (χ3n) is 3.66. The predicted octanol–water partition coefficient (Wildman–Crippen LogP) is 5.35. The van der Waals surface area contributed by atoms with Crippen molar-refractivity contribution in [2.24, 2.45) is 0 Å². The zero-order valence-electron chi connectivity index (χ0n) is 14.2. The second-order valence-electron chi connectivity index (χ2n) is 6.32. The molecule has 1 aromatic carbocycles. The lowest BCUT2D eigenvalue weighted by molar-refractivity contribution is 0.588. The SMILES string of the molecule is CCCCCN(c1ccc(CNC(C)C)cc1Br)C(C)C. The van der Waals surface area contributed by atoms with Crippen molar-refractivity contribution in [2.75, 3.05) is 11.4 Å². The van der Waals surface area contributed by atoms with Crippen LogP contribution in [0.15, 0.2) is 22.7 Å². The molecule has 0 atom stereocenters. The Morgan fingerprint density at radius 2 is 1.86 bits per heavy atom. The van der Waals surface area contributed by atoms with Crippen LogP contribution in [-0.2, 0) is 6.54 Å². The fraction of sp³-hybridized carbons (Fsp3) is 0.667. The van der Waals surface area contributed by atoms with Crippen LogP contribution in [0.3, 0.4) is 0 Å². The highest BCUT2D eigenvalue weighted by Gasteiger charge is 2.13. The van der Waals surface area contributed by atoms with Gasteiger partial charge < -0.3 is 10.2 Å². The smallest absolute Gasteiger partial charge is 0.0513 e. The van der Waals surface area contributed by atoms with Gasteiger partial charge >= 0.3 is 0 Å². The lowest BCUT2D eigenvalue weighted by Gasteiger charge is -2.30. The molecule has 0 bridgehead atoms. The minimum Gasteiger partial charge on any atom is -0.368 e. The van der Waals surface area contributed by atoms with Crippen LogP contribution >= 0.6 is 15.9 Å². The highest BCUT2D eigenvalue weighted by atomic mass is 79.9. The molecule has 1 rings (SSSR count). The van der Waals surface area contributed by atoms with Crippen molar-refractivity contribution in [1.82, 2.24) is 5.32 Å². The largest absolute Gasteiger partial charge is 0.368 e. The monoisotopic (exact) mass is 354 g/mol. The highest BCUT2D eigenvalue weighted by molar-refractivity contribution is 9.10. The fourth-order valence-electron chi connectivity index (χ4n) is 2.40. The van der Waals surface area contributed by atoms with Crippen molar-refractivity contribution < 1.29 is 0 Å². The van der Waals surface area contributed by atoms with Crippen LogP contribution in [0.4, 0.5) is 5.69 Å². The number of benzene rings is 1. The Bertz CT molecular complexity index is 416. The molecule has 0 heterocycles. The number of nitrogens with one attached hydrogen (secondary N) is 1. The van der Waals surface area contributed by atoms with Crippen molar-refractivity contribution in [3.63, 3.8) is 0 Å². The van der Waals surface area contributed by atoms with Gasteiger partial charge in [0.25, 0.3) is 0 Å². The molecule has 3 heteroatoms. The van der Waals surface area contributed by atoms with Crippen LogP contribution in [0.25, 0.3) is 0 Å². The van der Waals surface area contributed by atoms with Gasteiger partial charge in [-0.15, -0.1) is 0 Å². The van der Waals surface area contributed by atoms with Gasteiger partial charge in [0.15, 0.2) is 0 Å². The summed E-state index contributed by atoms with van der Waals surface area (Å²) in [5.74, 6) is 0. The van der Waals surface area contributed by atoms with E-state index in [1.54, 1.807) is 0 Å². The normalized spacial score (nSPS) is 11.4. The third-order valence-corrected chi connectivity index (χ3v) is 4.30. The molecule has 0 aliphatic carbocycles. The van der Waals surface area contributed by atoms with Crippen molar-refractivity contribution in [2.45, 2.75) is 72.5 Å². The van der Waals surface area contributed by atoms with E-state index in [0.29, 0.717) is 12.1 Å². The van der Waals surface area contributed by atoms with E-state index >= 15 is 0 Å². The van der Waals surface area contributed by atoms with Gasteiger partial charge in [-0.3, -0.25) is 0 Å². The van der Waals surface area contributed by atoms with Crippen LogP contribution in [0.1, 0.15) is 59.4 Å². The second-order valence-corrected chi connectivity index (χ2v) is 7.17. The van der Waals surface area contributed by atoms with E-state index in [4.69, 9.17) is 0 Å². The van der Waals surface area contributed by atoms with Crippen LogP contribution in [0.5, 0.6) is 0 Å². The summed E-state index contributed by atoms with van der Waals surface area (Å²) in [6.45, 7) is 13.2. The third kappa shape index (κ3) is 6.39. The number of nitrogens with zero attached hydrogens (tertiary/aromatic N) is 1. The summed E-state index contributed by atoms with van der Waals surface area (Å²) >= 11 is 3.76. The lowest BCUT2D eigenvalue weighted by Crippen LogP contribution is -2.32. The molecule has 0 spiro atoms. The number of halogens is 1. The van der Waals surface area contributed by atoms with Gasteiger partial charge in [-0.05, 0) is 53.9 Å². The van der Waals surface area contributed by atoms with Gasteiger partial charge in [0.05, 0.1) is 5.69 Å². The Labute approximate surface area is 139 Å².